The lowest BCUT2D eigenvalue weighted by atomic mass is 9.80. The molecule has 0 N–H and O–H groups in total. The predicted molar refractivity (Wildman–Crippen MR) is 269 cm³/mol. The first-order valence-electron chi connectivity index (χ1n) is 22.3. The molecule has 304 valence electrons. The Balaban J connectivity index is 0.849. The Labute approximate surface area is 377 Å². The largest absolute Gasteiger partial charge is 0.265 e. The number of benzene rings is 10. The standard InChI is InChI=1S/C61H40N4/c1-61(2)54-35-44(23-26-51(54)52-27-24-45(36-55(52)61)48-25-21-40-18-17-38-11-8-12-39-22-28-53(48)57(40)56(38)39)47-30-29-46(49-13-6-7-14-50(47)49)37-15-19-42(20-16-37)59-63-58(41-9-4-3-5-10-41)64-60(65-59)43-31-33-62-34-32-43/h3-36H,1-2H3. The molecule has 0 atom stereocenters. The second-order valence-electron chi connectivity index (χ2n) is 17.8. The van der Waals surface area contributed by atoms with E-state index < -0.39 is 0 Å². The van der Waals surface area contributed by atoms with Gasteiger partial charge in [0.15, 0.2) is 17.5 Å². The second-order valence-corrected chi connectivity index (χ2v) is 17.8. The molecule has 0 bridgehead atoms. The van der Waals surface area contributed by atoms with Gasteiger partial charge in [-0.25, -0.2) is 15.0 Å². The number of pyridine rings is 1. The molecular weight excluding hydrogens is 789 g/mol. The smallest absolute Gasteiger partial charge is 0.164 e. The zero-order chi connectivity index (χ0) is 43.2. The molecule has 1 aliphatic rings. The second kappa shape index (κ2) is 14.3. The van der Waals surface area contributed by atoms with Gasteiger partial charge in [0.25, 0.3) is 0 Å². The average Bonchev–Trinajstić information content (AvgIpc) is 3.60. The van der Waals surface area contributed by atoms with Gasteiger partial charge in [-0.05, 0) is 123 Å². The molecule has 0 radical (unpaired) electrons. The highest BCUT2D eigenvalue weighted by atomic mass is 15.0. The van der Waals surface area contributed by atoms with Gasteiger partial charge >= 0.3 is 0 Å². The minimum atomic E-state index is -0.183. The summed E-state index contributed by atoms with van der Waals surface area (Å²) in [6.45, 7) is 4.78. The van der Waals surface area contributed by atoms with Crippen molar-refractivity contribution in [2.75, 3.05) is 0 Å². The molecule has 13 rings (SSSR count). The van der Waals surface area contributed by atoms with Crippen LogP contribution in [0, 0.1) is 0 Å². The third kappa shape index (κ3) is 5.91. The molecule has 0 saturated carbocycles. The Hall–Kier alpha value is -8.34. The Morgan fingerprint density at radius 3 is 1.35 bits per heavy atom. The maximum absolute atomic E-state index is 4.95. The van der Waals surface area contributed by atoms with Gasteiger partial charge in [-0.2, -0.15) is 0 Å². The predicted octanol–water partition coefficient (Wildman–Crippen LogP) is 15.6. The van der Waals surface area contributed by atoms with Crippen LogP contribution in [0.25, 0.3) is 122 Å². The Morgan fingerprint density at radius 2 is 0.738 bits per heavy atom. The first-order chi connectivity index (χ1) is 32.0. The van der Waals surface area contributed by atoms with Crippen molar-refractivity contribution >= 4 is 43.1 Å². The summed E-state index contributed by atoms with van der Waals surface area (Å²) >= 11 is 0. The van der Waals surface area contributed by atoms with Crippen LogP contribution in [-0.2, 0) is 5.41 Å². The highest BCUT2D eigenvalue weighted by Gasteiger charge is 2.36. The zero-order valence-corrected chi connectivity index (χ0v) is 35.9. The van der Waals surface area contributed by atoms with Crippen LogP contribution in [0.15, 0.2) is 207 Å². The summed E-state index contributed by atoms with van der Waals surface area (Å²) in [6.07, 6.45) is 3.53. The summed E-state index contributed by atoms with van der Waals surface area (Å²) in [5.74, 6) is 1.88. The van der Waals surface area contributed by atoms with Crippen LogP contribution < -0.4 is 0 Å². The summed E-state index contributed by atoms with van der Waals surface area (Å²) in [6, 6.07) is 70.5. The summed E-state index contributed by atoms with van der Waals surface area (Å²) in [5.41, 5.74) is 15.3. The van der Waals surface area contributed by atoms with E-state index in [1.807, 2.05) is 42.5 Å². The number of rotatable bonds is 6. The quantitative estimate of drug-likeness (QED) is 0.157. The van der Waals surface area contributed by atoms with E-state index in [2.05, 4.69) is 170 Å². The summed E-state index contributed by atoms with van der Waals surface area (Å²) < 4.78 is 0. The van der Waals surface area contributed by atoms with E-state index in [1.165, 1.54) is 93.2 Å². The van der Waals surface area contributed by atoms with E-state index in [0.29, 0.717) is 17.5 Å². The molecule has 2 heterocycles. The first kappa shape index (κ1) is 37.2. The monoisotopic (exact) mass is 828 g/mol. The van der Waals surface area contributed by atoms with E-state index in [9.17, 15) is 0 Å². The van der Waals surface area contributed by atoms with Crippen molar-refractivity contribution < 1.29 is 0 Å². The number of hydrogen-bond donors (Lipinski definition) is 0. The summed E-state index contributed by atoms with van der Waals surface area (Å²) in [5, 5.41) is 10.3. The molecule has 0 saturated heterocycles. The lowest BCUT2D eigenvalue weighted by Gasteiger charge is -2.23. The van der Waals surface area contributed by atoms with Crippen molar-refractivity contribution in [1.82, 2.24) is 19.9 Å². The van der Waals surface area contributed by atoms with Crippen molar-refractivity contribution in [2.24, 2.45) is 0 Å². The zero-order valence-electron chi connectivity index (χ0n) is 35.9. The fourth-order valence-electron chi connectivity index (χ4n) is 10.5. The molecule has 1 aliphatic carbocycles. The summed E-state index contributed by atoms with van der Waals surface area (Å²) in [4.78, 5) is 18.9. The number of nitrogens with zero attached hydrogens (tertiary/aromatic N) is 4. The Morgan fingerprint density at radius 1 is 0.308 bits per heavy atom. The van der Waals surface area contributed by atoms with Crippen LogP contribution in [0.3, 0.4) is 0 Å². The van der Waals surface area contributed by atoms with Crippen molar-refractivity contribution in [1.29, 1.82) is 0 Å². The molecule has 4 heteroatoms. The van der Waals surface area contributed by atoms with Crippen LogP contribution in [0.2, 0.25) is 0 Å². The van der Waals surface area contributed by atoms with Gasteiger partial charge in [-0.3, -0.25) is 4.98 Å². The van der Waals surface area contributed by atoms with Crippen molar-refractivity contribution in [3.8, 4) is 78.7 Å². The molecule has 0 unspecified atom stereocenters. The topological polar surface area (TPSA) is 51.6 Å². The van der Waals surface area contributed by atoms with E-state index in [0.717, 1.165) is 22.3 Å². The molecule has 2 aromatic heterocycles. The van der Waals surface area contributed by atoms with E-state index in [1.54, 1.807) is 12.4 Å². The van der Waals surface area contributed by atoms with Gasteiger partial charge in [0.1, 0.15) is 0 Å². The van der Waals surface area contributed by atoms with Gasteiger partial charge in [-0.15, -0.1) is 0 Å². The third-order valence-corrected chi connectivity index (χ3v) is 13.8. The van der Waals surface area contributed by atoms with Crippen LogP contribution in [-0.4, -0.2) is 19.9 Å². The van der Waals surface area contributed by atoms with Gasteiger partial charge in [0.05, 0.1) is 0 Å². The molecule has 10 aromatic carbocycles. The van der Waals surface area contributed by atoms with Crippen molar-refractivity contribution in [3.63, 3.8) is 0 Å². The maximum Gasteiger partial charge on any atom is 0.164 e. The van der Waals surface area contributed by atoms with Crippen LogP contribution >= 0.6 is 0 Å². The lowest BCUT2D eigenvalue weighted by Crippen LogP contribution is -2.15. The van der Waals surface area contributed by atoms with Gasteiger partial charge in [0, 0.05) is 34.5 Å². The SMILES string of the molecule is CC1(C)c2cc(-c3ccc(-c4ccc(-c5nc(-c6ccccc6)nc(-c6ccncc6)n5)cc4)c4ccccc34)ccc2-c2ccc(-c3ccc4ccc5cccc6ccc3c4c56)cc21. The summed E-state index contributed by atoms with van der Waals surface area (Å²) in [7, 11) is 0. The third-order valence-electron chi connectivity index (χ3n) is 13.8. The van der Waals surface area contributed by atoms with Gasteiger partial charge in [0.2, 0.25) is 0 Å². The minimum absolute atomic E-state index is 0.183. The molecule has 4 nitrogen and oxygen atoms in total. The van der Waals surface area contributed by atoms with Crippen LogP contribution in [0.1, 0.15) is 25.0 Å². The van der Waals surface area contributed by atoms with Gasteiger partial charge in [-0.1, -0.05) is 184 Å². The number of hydrogen-bond acceptors (Lipinski definition) is 4. The molecule has 65 heavy (non-hydrogen) atoms. The fourth-order valence-corrected chi connectivity index (χ4v) is 10.5. The van der Waals surface area contributed by atoms with Crippen molar-refractivity contribution in [3.05, 3.63) is 218 Å². The molecule has 0 aliphatic heterocycles. The lowest BCUT2D eigenvalue weighted by molar-refractivity contribution is 0.661. The molecular formula is C61H40N4. The van der Waals surface area contributed by atoms with E-state index >= 15 is 0 Å². The molecule has 12 aromatic rings. The minimum Gasteiger partial charge on any atom is -0.265 e. The maximum atomic E-state index is 4.95. The molecule has 0 amide bonds. The van der Waals surface area contributed by atoms with E-state index in [4.69, 9.17) is 15.0 Å². The van der Waals surface area contributed by atoms with E-state index in [-0.39, 0.29) is 5.41 Å². The average molecular weight is 829 g/mol. The van der Waals surface area contributed by atoms with Crippen molar-refractivity contribution in [2.45, 2.75) is 19.3 Å². The first-order valence-corrected chi connectivity index (χ1v) is 22.3. The Bertz CT molecular complexity index is 3760. The molecule has 0 fully saturated rings. The highest BCUT2D eigenvalue weighted by Crippen LogP contribution is 2.52. The number of fused-ring (bicyclic) bond motifs is 4. The fraction of sp³-hybridized carbons (Fsp3) is 0.0492. The molecule has 0 spiro atoms. The highest BCUT2D eigenvalue weighted by molar-refractivity contribution is 6.25. The van der Waals surface area contributed by atoms with Crippen LogP contribution in [0.4, 0.5) is 0 Å². The Kier molecular flexibility index (Phi) is 8.22. The number of aromatic nitrogens is 4. The van der Waals surface area contributed by atoms with Crippen LogP contribution in [0.5, 0.6) is 0 Å². The van der Waals surface area contributed by atoms with Gasteiger partial charge < -0.3 is 0 Å². The normalized spacial score (nSPS) is 12.9.